The van der Waals surface area contributed by atoms with Crippen LogP contribution in [0.4, 0.5) is 4.39 Å². The Hall–Kier alpha value is -2.42. The van der Waals surface area contributed by atoms with Crippen LogP contribution in [0.5, 0.6) is 0 Å². The number of carbonyl (C=O) groups is 1. The molecule has 0 radical (unpaired) electrons. The van der Waals surface area contributed by atoms with Crippen LogP contribution in [0.1, 0.15) is 23.6 Å². The van der Waals surface area contributed by atoms with Crippen molar-refractivity contribution in [3.05, 3.63) is 83.8 Å². The maximum atomic E-state index is 13.5. The Balaban J connectivity index is 1.89. The highest BCUT2D eigenvalue weighted by molar-refractivity contribution is 5.90. The Morgan fingerprint density at radius 1 is 1.10 bits per heavy atom. The summed E-state index contributed by atoms with van der Waals surface area (Å²) in [6, 6.07) is 16.4. The van der Waals surface area contributed by atoms with E-state index in [0.29, 0.717) is 13.0 Å². The molecule has 0 spiro atoms. The van der Waals surface area contributed by atoms with E-state index in [9.17, 15) is 9.18 Å². The summed E-state index contributed by atoms with van der Waals surface area (Å²) in [4.78, 5) is 13.8. The van der Waals surface area contributed by atoms with Crippen molar-refractivity contribution in [2.45, 2.75) is 19.0 Å². The van der Waals surface area contributed by atoms with E-state index in [1.54, 1.807) is 12.1 Å². The smallest absolute Gasteiger partial charge is 0.159 e. The van der Waals surface area contributed by atoms with Gasteiger partial charge in [0.25, 0.3) is 0 Å². The molecule has 2 nitrogen and oxygen atoms in total. The molecular formula is C18H16FNO. The Bertz CT molecular complexity index is 666. The number of benzene rings is 2. The highest BCUT2D eigenvalue weighted by Gasteiger charge is 2.24. The summed E-state index contributed by atoms with van der Waals surface area (Å²) in [5.41, 5.74) is 2.00. The van der Waals surface area contributed by atoms with Gasteiger partial charge < -0.3 is 4.90 Å². The van der Waals surface area contributed by atoms with Crippen LogP contribution >= 0.6 is 0 Å². The van der Waals surface area contributed by atoms with Crippen molar-refractivity contribution >= 4 is 5.78 Å². The van der Waals surface area contributed by atoms with Crippen LogP contribution < -0.4 is 0 Å². The lowest BCUT2D eigenvalue weighted by Gasteiger charge is -2.33. The molecule has 3 rings (SSSR count). The monoisotopic (exact) mass is 281 g/mol. The number of hydrogen-bond acceptors (Lipinski definition) is 2. The number of carbonyl (C=O) groups excluding carboxylic acids is 1. The average Bonchev–Trinajstić information content (AvgIpc) is 2.50. The third kappa shape index (κ3) is 3.19. The molecule has 0 saturated carbocycles. The minimum absolute atomic E-state index is 0.0774. The van der Waals surface area contributed by atoms with Crippen molar-refractivity contribution in [1.29, 1.82) is 0 Å². The van der Waals surface area contributed by atoms with Crippen LogP contribution in [0.25, 0.3) is 0 Å². The van der Waals surface area contributed by atoms with E-state index < -0.39 is 0 Å². The van der Waals surface area contributed by atoms with Gasteiger partial charge >= 0.3 is 0 Å². The molecule has 1 aliphatic heterocycles. The molecule has 1 aliphatic rings. The fourth-order valence-corrected chi connectivity index (χ4v) is 2.64. The second-order valence-corrected chi connectivity index (χ2v) is 5.21. The van der Waals surface area contributed by atoms with Crippen molar-refractivity contribution < 1.29 is 9.18 Å². The lowest BCUT2D eigenvalue weighted by atomic mass is 9.96. The van der Waals surface area contributed by atoms with Crippen LogP contribution in [-0.4, -0.2) is 10.7 Å². The van der Waals surface area contributed by atoms with E-state index in [2.05, 4.69) is 4.90 Å². The van der Waals surface area contributed by atoms with E-state index in [4.69, 9.17) is 0 Å². The average molecular weight is 281 g/mol. The second kappa shape index (κ2) is 5.92. The highest BCUT2D eigenvalue weighted by atomic mass is 19.1. The van der Waals surface area contributed by atoms with Crippen LogP contribution in [-0.2, 0) is 11.3 Å². The van der Waals surface area contributed by atoms with Gasteiger partial charge in [-0.3, -0.25) is 4.79 Å². The van der Waals surface area contributed by atoms with Gasteiger partial charge in [-0.2, -0.15) is 0 Å². The first kappa shape index (κ1) is 13.6. The Morgan fingerprint density at radius 2 is 1.90 bits per heavy atom. The van der Waals surface area contributed by atoms with E-state index in [1.807, 2.05) is 42.6 Å². The van der Waals surface area contributed by atoms with Crippen LogP contribution in [0.15, 0.2) is 66.9 Å². The van der Waals surface area contributed by atoms with Crippen molar-refractivity contribution in [1.82, 2.24) is 4.90 Å². The SMILES string of the molecule is O=C1C=CN(Cc2ccccc2)C(c2cccc(F)c2)C1. The summed E-state index contributed by atoms with van der Waals surface area (Å²) in [6.07, 6.45) is 3.79. The van der Waals surface area contributed by atoms with E-state index >= 15 is 0 Å². The van der Waals surface area contributed by atoms with Crippen LogP contribution in [0, 0.1) is 5.82 Å². The van der Waals surface area contributed by atoms with Gasteiger partial charge in [0, 0.05) is 19.2 Å². The van der Waals surface area contributed by atoms with Gasteiger partial charge in [-0.1, -0.05) is 42.5 Å². The summed E-state index contributed by atoms with van der Waals surface area (Å²) >= 11 is 0. The fourth-order valence-electron chi connectivity index (χ4n) is 2.64. The van der Waals surface area contributed by atoms with Gasteiger partial charge in [0.1, 0.15) is 5.82 Å². The molecule has 3 heteroatoms. The molecule has 0 amide bonds. The van der Waals surface area contributed by atoms with Gasteiger partial charge in [0.05, 0.1) is 6.04 Å². The van der Waals surface area contributed by atoms with E-state index in [0.717, 1.165) is 11.1 Å². The van der Waals surface area contributed by atoms with Gasteiger partial charge in [0.15, 0.2) is 5.78 Å². The molecule has 0 aliphatic carbocycles. The normalized spacial score (nSPS) is 18.0. The third-order valence-electron chi connectivity index (χ3n) is 3.69. The van der Waals surface area contributed by atoms with Gasteiger partial charge in [-0.25, -0.2) is 4.39 Å². The number of hydrogen-bond donors (Lipinski definition) is 0. The minimum atomic E-state index is -0.269. The number of nitrogens with zero attached hydrogens (tertiary/aromatic N) is 1. The predicted molar refractivity (Wildman–Crippen MR) is 79.9 cm³/mol. The Kier molecular flexibility index (Phi) is 3.82. The zero-order valence-corrected chi connectivity index (χ0v) is 11.6. The van der Waals surface area contributed by atoms with Gasteiger partial charge in [-0.15, -0.1) is 0 Å². The summed E-state index contributed by atoms with van der Waals surface area (Å²) in [7, 11) is 0. The van der Waals surface area contributed by atoms with Crippen LogP contribution in [0.3, 0.4) is 0 Å². The lowest BCUT2D eigenvalue weighted by molar-refractivity contribution is -0.116. The molecule has 2 aromatic carbocycles. The number of halogens is 1. The highest BCUT2D eigenvalue weighted by Crippen LogP contribution is 2.30. The molecule has 1 atom stereocenters. The maximum Gasteiger partial charge on any atom is 0.159 e. The lowest BCUT2D eigenvalue weighted by Crippen LogP contribution is -2.28. The molecule has 106 valence electrons. The molecule has 0 fully saturated rings. The van der Waals surface area contributed by atoms with E-state index in [-0.39, 0.29) is 17.6 Å². The summed E-state index contributed by atoms with van der Waals surface area (Å²) in [5, 5.41) is 0. The zero-order chi connectivity index (χ0) is 14.7. The van der Waals surface area contributed by atoms with Gasteiger partial charge in [0.2, 0.25) is 0 Å². The number of rotatable bonds is 3. The molecule has 2 aromatic rings. The fraction of sp³-hybridized carbons (Fsp3) is 0.167. The first-order chi connectivity index (χ1) is 10.2. The summed E-state index contributed by atoms with van der Waals surface area (Å²) < 4.78 is 13.5. The summed E-state index contributed by atoms with van der Waals surface area (Å²) in [6.45, 7) is 0.700. The maximum absolute atomic E-state index is 13.5. The minimum Gasteiger partial charge on any atom is -0.366 e. The molecule has 0 bridgehead atoms. The molecule has 0 N–H and O–H groups in total. The molecule has 1 heterocycles. The largest absolute Gasteiger partial charge is 0.366 e. The second-order valence-electron chi connectivity index (χ2n) is 5.21. The zero-order valence-electron chi connectivity index (χ0n) is 11.6. The standard InChI is InChI=1S/C18H16FNO/c19-16-8-4-7-15(11-16)18-12-17(21)9-10-20(18)13-14-5-2-1-3-6-14/h1-11,18H,12-13H2. The first-order valence-corrected chi connectivity index (χ1v) is 6.98. The van der Waals surface area contributed by atoms with Crippen molar-refractivity contribution in [3.8, 4) is 0 Å². The van der Waals surface area contributed by atoms with Crippen molar-refractivity contribution in [2.24, 2.45) is 0 Å². The van der Waals surface area contributed by atoms with Gasteiger partial charge in [-0.05, 0) is 29.3 Å². The molecule has 0 aromatic heterocycles. The van der Waals surface area contributed by atoms with Crippen LogP contribution in [0.2, 0.25) is 0 Å². The number of ketones is 1. The molecule has 1 unspecified atom stereocenters. The van der Waals surface area contributed by atoms with Crippen molar-refractivity contribution in [2.75, 3.05) is 0 Å². The van der Waals surface area contributed by atoms with Crippen molar-refractivity contribution in [3.63, 3.8) is 0 Å². The number of allylic oxidation sites excluding steroid dienone is 1. The quantitative estimate of drug-likeness (QED) is 0.851. The molecule has 21 heavy (non-hydrogen) atoms. The Labute approximate surface area is 123 Å². The Morgan fingerprint density at radius 3 is 2.67 bits per heavy atom. The topological polar surface area (TPSA) is 20.3 Å². The molecule has 0 saturated heterocycles. The predicted octanol–water partition coefficient (Wildman–Crippen LogP) is 3.86. The van der Waals surface area contributed by atoms with E-state index in [1.165, 1.54) is 12.1 Å². The summed E-state index contributed by atoms with van der Waals surface area (Å²) in [5.74, 6) is -0.192. The first-order valence-electron chi connectivity index (χ1n) is 6.98. The molecular weight excluding hydrogens is 265 g/mol. The third-order valence-corrected chi connectivity index (χ3v) is 3.69.